The molecule has 0 aliphatic rings. The number of hydrogen-bond acceptors (Lipinski definition) is 3. The molecule has 1 aromatic carbocycles. The first-order valence-electron chi connectivity index (χ1n) is 6.24. The van der Waals surface area contributed by atoms with Crippen molar-refractivity contribution in [1.82, 2.24) is 9.55 Å². The van der Waals surface area contributed by atoms with E-state index < -0.39 is 0 Å². The van der Waals surface area contributed by atoms with Gasteiger partial charge in [0.1, 0.15) is 12.4 Å². The molecule has 0 aliphatic carbocycles. The van der Waals surface area contributed by atoms with Gasteiger partial charge in [-0.25, -0.2) is 4.98 Å². The zero-order valence-electron chi connectivity index (χ0n) is 11.1. The number of halogens is 1. The summed E-state index contributed by atoms with van der Waals surface area (Å²) < 4.78 is 8.92. The van der Waals surface area contributed by atoms with Gasteiger partial charge in [0.15, 0.2) is 0 Å². The molecule has 19 heavy (non-hydrogen) atoms. The van der Waals surface area contributed by atoms with Crippen molar-refractivity contribution in [3.8, 4) is 5.75 Å². The van der Waals surface area contributed by atoms with Crippen molar-refractivity contribution in [3.63, 3.8) is 0 Å². The average Bonchev–Trinajstić information content (AvgIpc) is 2.85. The van der Waals surface area contributed by atoms with Crippen molar-refractivity contribution in [2.45, 2.75) is 33.0 Å². The molecule has 1 heterocycles. The van der Waals surface area contributed by atoms with E-state index in [2.05, 4.69) is 39.3 Å². The van der Waals surface area contributed by atoms with Gasteiger partial charge in [-0.1, -0.05) is 12.1 Å². The molecule has 0 bridgehead atoms. The molecular formula is C14H18BrN3O. The molecule has 5 heteroatoms. The smallest absolute Gasteiger partial charge is 0.138 e. The maximum atomic E-state index is 5.91. The monoisotopic (exact) mass is 323 g/mol. The molecule has 0 saturated carbocycles. The Kier molecular flexibility index (Phi) is 4.61. The molecule has 0 radical (unpaired) electrons. The topological polar surface area (TPSA) is 53.1 Å². The summed E-state index contributed by atoms with van der Waals surface area (Å²) in [5.74, 6) is 0.807. The Morgan fingerprint density at radius 1 is 1.42 bits per heavy atom. The van der Waals surface area contributed by atoms with E-state index in [0.29, 0.717) is 19.2 Å². The fourth-order valence-corrected chi connectivity index (χ4v) is 2.45. The summed E-state index contributed by atoms with van der Waals surface area (Å²) in [6.45, 7) is 5.18. The van der Waals surface area contributed by atoms with Gasteiger partial charge in [0.25, 0.3) is 0 Å². The van der Waals surface area contributed by atoms with Gasteiger partial charge < -0.3 is 15.0 Å². The Labute approximate surface area is 121 Å². The second-order valence-corrected chi connectivity index (χ2v) is 5.46. The van der Waals surface area contributed by atoms with Crippen LogP contribution in [0.4, 0.5) is 0 Å². The van der Waals surface area contributed by atoms with Crippen LogP contribution in [0.25, 0.3) is 0 Å². The first-order valence-corrected chi connectivity index (χ1v) is 7.03. The van der Waals surface area contributed by atoms with Crippen molar-refractivity contribution in [2.24, 2.45) is 5.73 Å². The number of benzene rings is 1. The lowest BCUT2D eigenvalue weighted by Gasteiger charge is -2.15. The van der Waals surface area contributed by atoms with Gasteiger partial charge >= 0.3 is 0 Å². The maximum absolute atomic E-state index is 5.91. The largest absolute Gasteiger partial charge is 0.486 e. The van der Waals surface area contributed by atoms with Gasteiger partial charge in [-0.15, -0.1) is 0 Å². The summed E-state index contributed by atoms with van der Waals surface area (Å²) in [4.78, 5) is 4.17. The number of nitrogens with two attached hydrogens (primary N) is 1. The number of para-hydroxylation sites is 1. The molecule has 0 amide bonds. The Hall–Kier alpha value is -1.33. The van der Waals surface area contributed by atoms with E-state index in [1.165, 1.54) is 0 Å². The second kappa shape index (κ2) is 6.21. The fourth-order valence-electron chi connectivity index (χ4n) is 1.93. The molecule has 0 spiro atoms. The third-order valence-corrected chi connectivity index (χ3v) is 3.56. The number of hydrogen-bond donors (Lipinski definition) is 1. The first kappa shape index (κ1) is 14.1. The van der Waals surface area contributed by atoms with Crippen LogP contribution in [-0.2, 0) is 13.2 Å². The molecule has 1 aromatic heterocycles. The normalized spacial score (nSPS) is 11.0. The Morgan fingerprint density at radius 2 is 2.21 bits per heavy atom. The van der Waals surface area contributed by atoms with Crippen LogP contribution < -0.4 is 10.5 Å². The highest BCUT2D eigenvalue weighted by molar-refractivity contribution is 9.10. The van der Waals surface area contributed by atoms with Crippen molar-refractivity contribution >= 4 is 15.9 Å². The third kappa shape index (κ3) is 3.16. The van der Waals surface area contributed by atoms with E-state index in [0.717, 1.165) is 21.5 Å². The fraction of sp³-hybridized carbons (Fsp3) is 0.357. The summed E-state index contributed by atoms with van der Waals surface area (Å²) >= 11 is 3.50. The lowest BCUT2D eigenvalue weighted by atomic mass is 10.2. The van der Waals surface area contributed by atoms with Crippen LogP contribution in [0, 0.1) is 0 Å². The number of rotatable bonds is 5. The van der Waals surface area contributed by atoms with Crippen LogP contribution in [0.2, 0.25) is 0 Å². The summed E-state index contributed by atoms with van der Waals surface area (Å²) in [7, 11) is 0. The van der Waals surface area contributed by atoms with Gasteiger partial charge in [0.2, 0.25) is 0 Å². The Bertz CT molecular complexity index is 551. The maximum Gasteiger partial charge on any atom is 0.138 e. The SMILES string of the molecule is CC(C)n1cncc1COc1c(Br)cccc1CN. The second-order valence-electron chi connectivity index (χ2n) is 4.61. The highest BCUT2D eigenvalue weighted by Gasteiger charge is 2.10. The first-order chi connectivity index (χ1) is 9.13. The molecule has 0 atom stereocenters. The summed E-state index contributed by atoms with van der Waals surface area (Å²) in [6.07, 6.45) is 3.66. The minimum Gasteiger partial charge on any atom is -0.486 e. The Morgan fingerprint density at radius 3 is 2.89 bits per heavy atom. The number of imidazole rings is 1. The summed E-state index contributed by atoms with van der Waals surface area (Å²) in [5.41, 5.74) is 7.77. The van der Waals surface area contributed by atoms with Crippen molar-refractivity contribution in [3.05, 3.63) is 46.5 Å². The predicted molar refractivity (Wildman–Crippen MR) is 79.0 cm³/mol. The molecule has 0 fully saturated rings. The van der Waals surface area contributed by atoms with Crippen LogP contribution in [-0.4, -0.2) is 9.55 Å². The van der Waals surface area contributed by atoms with Crippen molar-refractivity contribution < 1.29 is 4.74 Å². The molecule has 2 aromatic rings. The minimum absolute atomic E-state index is 0.370. The summed E-state index contributed by atoms with van der Waals surface area (Å²) in [5, 5.41) is 0. The highest BCUT2D eigenvalue weighted by Crippen LogP contribution is 2.29. The van der Waals surface area contributed by atoms with Gasteiger partial charge in [-0.05, 0) is 35.8 Å². The third-order valence-electron chi connectivity index (χ3n) is 2.94. The zero-order chi connectivity index (χ0) is 13.8. The van der Waals surface area contributed by atoms with Gasteiger partial charge in [0, 0.05) is 18.2 Å². The Balaban J connectivity index is 2.17. The molecular weight excluding hydrogens is 306 g/mol. The van der Waals surface area contributed by atoms with Gasteiger partial charge in [-0.3, -0.25) is 0 Å². The lowest BCUT2D eigenvalue weighted by Crippen LogP contribution is -2.09. The van der Waals surface area contributed by atoms with E-state index in [4.69, 9.17) is 10.5 Å². The molecule has 0 saturated heterocycles. The minimum atomic E-state index is 0.370. The van der Waals surface area contributed by atoms with Gasteiger partial charge in [-0.2, -0.15) is 0 Å². The lowest BCUT2D eigenvalue weighted by molar-refractivity contribution is 0.287. The van der Waals surface area contributed by atoms with Gasteiger partial charge in [0.05, 0.1) is 22.7 Å². The molecule has 2 N–H and O–H groups in total. The average molecular weight is 324 g/mol. The van der Waals surface area contributed by atoms with E-state index in [-0.39, 0.29) is 0 Å². The van der Waals surface area contributed by atoms with E-state index in [1.807, 2.05) is 30.7 Å². The number of nitrogens with zero attached hydrogens (tertiary/aromatic N) is 2. The standard InChI is InChI=1S/C14H18BrN3O/c1-10(2)18-9-17-7-12(18)8-19-14-11(6-16)4-3-5-13(14)15/h3-5,7,9-10H,6,8,16H2,1-2H3. The molecule has 0 aliphatic heterocycles. The zero-order valence-corrected chi connectivity index (χ0v) is 12.7. The van der Waals surface area contributed by atoms with Crippen LogP contribution in [0.1, 0.15) is 31.1 Å². The number of ether oxygens (including phenoxy) is 1. The van der Waals surface area contributed by atoms with Crippen LogP contribution in [0.3, 0.4) is 0 Å². The quantitative estimate of drug-likeness (QED) is 0.918. The molecule has 102 valence electrons. The van der Waals surface area contributed by atoms with Crippen LogP contribution in [0.5, 0.6) is 5.75 Å². The predicted octanol–water partition coefficient (Wildman–Crippen LogP) is 3.26. The van der Waals surface area contributed by atoms with Crippen molar-refractivity contribution in [1.29, 1.82) is 0 Å². The van der Waals surface area contributed by atoms with Crippen molar-refractivity contribution in [2.75, 3.05) is 0 Å². The van der Waals surface area contributed by atoms with Crippen LogP contribution >= 0.6 is 15.9 Å². The molecule has 4 nitrogen and oxygen atoms in total. The number of aromatic nitrogens is 2. The summed E-state index contributed by atoms with van der Waals surface area (Å²) in [6, 6.07) is 6.25. The van der Waals surface area contributed by atoms with E-state index in [9.17, 15) is 0 Å². The molecule has 2 rings (SSSR count). The van der Waals surface area contributed by atoms with Crippen LogP contribution in [0.15, 0.2) is 35.2 Å². The van der Waals surface area contributed by atoms with E-state index >= 15 is 0 Å². The highest BCUT2D eigenvalue weighted by atomic mass is 79.9. The van der Waals surface area contributed by atoms with E-state index in [1.54, 1.807) is 0 Å². The molecule has 0 unspecified atom stereocenters.